The van der Waals surface area contributed by atoms with Gasteiger partial charge >= 0.3 is 5.97 Å². The highest BCUT2D eigenvalue weighted by Crippen LogP contribution is 2.25. The molecule has 0 aliphatic heterocycles. The van der Waals surface area contributed by atoms with E-state index in [-0.39, 0.29) is 0 Å². The molecule has 0 amide bonds. The van der Waals surface area contributed by atoms with E-state index in [1.165, 1.54) is 6.26 Å². The van der Waals surface area contributed by atoms with Crippen molar-refractivity contribution in [1.29, 1.82) is 0 Å². The summed E-state index contributed by atoms with van der Waals surface area (Å²) >= 11 is 1.59. The minimum Gasteiger partial charge on any atom is -0.480 e. The Labute approximate surface area is 121 Å². The molecule has 1 aromatic carbocycles. The average molecular weight is 292 g/mol. The number of hydrogen-bond donors (Lipinski definition) is 1. The Morgan fingerprint density at radius 2 is 2.30 bits per heavy atom. The van der Waals surface area contributed by atoms with E-state index < -0.39 is 12.0 Å². The molecule has 0 fully saturated rings. The summed E-state index contributed by atoms with van der Waals surface area (Å²) in [5, 5.41) is 13.3. The molecule has 20 heavy (non-hydrogen) atoms. The van der Waals surface area contributed by atoms with Gasteiger partial charge in [0.15, 0.2) is 0 Å². The van der Waals surface area contributed by atoms with Gasteiger partial charge in [0.05, 0.1) is 5.69 Å². The first kappa shape index (κ1) is 14.6. The molecule has 5 nitrogen and oxygen atoms in total. The van der Waals surface area contributed by atoms with Crippen LogP contribution in [0.3, 0.4) is 0 Å². The topological polar surface area (TPSA) is 66.6 Å². The van der Waals surface area contributed by atoms with E-state index in [4.69, 9.17) is 4.52 Å². The lowest BCUT2D eigenvalue weighted by atomic mass is 10.1. The predicted octanol–water partition coefficient (Wildman–Crippen LogP) is 2.65. The Bertz CT molecular complexity index is 572. The lowest BCUT2D eigenvalue weighted by Gasteiger charge is -2.24. The van der Waals surface area contributed by atoms with Crippen LogP contribution in [0, 0.1) is 0 Å². The number of thioether (sulfide) groups is 1. The molecule has 1 unspecified atom stereocenters. The van der Waals surface area contributed by atoms with Crippen LogP contribution in [0.1, 0.15) is 17.3 Å². The van der Waals surface area contributed by atoms with Gasteiger partial charge < -0.3 is 9.63 Å². The number of rotatable bonds is 6. The van der Waals surface area contributed by atoms with Crippen molar-refractivity contribution >= 4 is 17.7 Å². The third-order valence-corrected chi connectivity index (χ3v) is 3.71. The third-order valence-electron chi connectivity index (χ3n) is 2.99. The van der Waals surface area contributed by atoms with Crippen LogP contribution < -0.4 is 0 Å². The molecule has 0 saturated heterocycles. The van der Waals surface area contributed by atoms with Crippen LogP contribution in [0.2, 0.25) is 0 Å². The lowest BCUT2D eigenvalue weighted by Crippen LogP contribution is -2.30. The van der Waals surface area contributed by atoms with Crippen LogP contribution in [0.4, 0.5) is 0 Å². The zero-order valence-electron chi connectivity index (χ0n) is 11.3. The Kier molecular flexibility index (Phi) is 4.81. The Balaban J connectivity index is 2.23. The van der Waals surface area contributed by atoms with Gasteiger partial charge in [0, 0.05) is 17.5 Å². The number of hydrogen-bond acceptors (Lipinski definition) is 5. The van der Waals surface area contributed by atoms with E-state index in [0.29, 0.717) is 12.2 Å². The van der Waals surface area contributed by atoms with E-state index in [0.717, 1.165) is 10.5 Å². The molecule has 1 atom stereocenters. The van der Waals surface area contributed by atoms with E-state index in [1.54, 1.807) is 29.8 Å². The molecule has 6 heteroatoms. The molecule has 0 bridgehead atoms. The van der Waals surface area contributed by atoms with Gasteiger partial charge in [0.2, 0.25) is 0 Å². The van der Waals surface area contributed by atoms with Crippen molar-refractivity contribution in [3.8, 4) is 0 Å². The fourth-order valence-electron chi connectivity index (χ4n) is 2.06. The van der Waals surface area contributed by atoms with E-state index in [9.17, 15) is 9.90 Å². The van der Waals surface area contributed by atoms with Crippen LogP contribution in [-0.2, 0) is 11.3 Å². The third kappa shape index (κ3) is 3.40. The first-order valence-corrected chi connectivity index (χ1v) is 7.30. The van der Waals surface area contributed by atoms with Crippen molar-refractivity contribution in [3.05, 3.63) is 47.9 Å². The normalized spacial score (nSPS) is 12.6. The van der Waals surface area contributed by atoms with Crippen LogP contribution >= 0.6 is 11.8 Å². The van der Waals surface area contributed by atoms with Gasteiger partial charge in [-0.3, -0.25) is 9.69 Å². The van der Waals surface area contributed by atoms with Gasteiger partial charge in [-0.05, 0) is 31.0 Å². The highest BCUT2D eigenvalue weighted by atomic mass is 32.2. The standard InChI is InChI=1S/C14H16N2O3S/c1-16(9-11-6-7-19-15-11)13(14(17)18)10-4-3-5-12(8-10)20-2/h3-8,13H,9H2,1-2H3,(H,17,18). The van der Waals surface area contributed by atoms with Crippen molar-refractivity contribution in [1.82, 2.24) is 10.1 Å². The molecule has 2 aromatic rings. The van der Waals surface area contributed by atoms with Crippen LogP contribution in [-0.4, -0.2) is 34.4 Å². The summed E-state index contributed by atoms with van der Waals surface area (Å²) in [6.07, 6.45) is 3.45. The van der Waals surface area contributed by atoms with Crippen molar-refractivity contribution < 1.29 is 14.4 Å². The molecule has 0 saturated carbocycles. The number of carboxylic acid groups (broad SMARTS) is 1. The molecular formula is C14H16N2O3S. The Morgan fingerprint density at radius 3 is 2.90 bits per heavy atom. The number of benzene rings is 1. The maximum atomic E-state index is 11.6. The summed E-state index contributed by atoms with van der Waals surface area (Å²) in [5.41, 5.74) is 1.47. The van der Waals surface area contributed by atoms with Crippen molar-refractivity contribution in [2.45, 2.75) is 17.5 Å². The van der Waals surface area contributed by atoms with Crippen LogP contribution in [0.15, 0.2) is 46.0 Å². The number of aliphatic carboxylic acids is 1. The highest BCUT2D eigenvalue weighted by Gasteiger charge is 2.25. The van der Waals surface area contributed by atoms with Crippen molar-refractivity contribution in [2.75, 3.05) is 13.3 Å². The van der Waals surface area contributed by atoms with Gasteiger partial charge in [-0.2, -0.15) is 0 Å². The maximum Gasteiger partial charge on any atom is 0.325 e. The Morgan fingerprint density at radius 1 is 1.50 bits per heavy atom. The summed E-state index contributed by atoms with van der Waals surface area (Å²) in [6, 6.07) is 8.60. The van der Waals surface area contributed by atoms with Gasteiger partial charge in [-0.15, -0.1) is 11.8 Å². The van der Waals surface area contributed by atoms with E-state index >= 15 is 0 Å². The minimum atomic E-state index is -0.880. The summed E-state index contributed by atoms with van der Waals surface area (Å²) in [5.74, 6) is -0.880. The van der Waals surface area contributed by atoms with Crippen LogP contribution in [0.25, 0.3) is 0 Å². The van der Waals surface area contributed by atoms with Gasteiger partial charge in [-0.1, -0.05) is 17.3 Å². The number of nitrogens with zero attached hydrogens (tertiary/aromatic N) is 2. The van der Waals surface area contributed by atoms with E-state index in [1.807, 2.05) is 30.5 Å². The fraction of sp³-hybridized carbons (Fsp3) is 0.286. The van der Waals surface area contributed by atoms with Crippen LogP contribution in [0.5, 0.6) is 0 Å². The first-order valence-electron chi connectivity index (χ1n) is 6.08. The second-order valence-corrected chi connectivity index (χ2v) is 5.30. The SMILES string of the molecule is CSc1cccc(C(C(=O)O)N(C)Cc2ccon2)c1. The second-order valence-electron chi connectivity index (χ2n) is 4.42. The zero-order chi connectivity index (χ0) is 14.5. The van der Waals surface area contributed by atoms with E-state index in [2.05, 4.69) is 5.16 Å². The predicted molar refractivity (Wildman–Crippen MR) is 76.6 cm³/mol. The molecule has 1 aromatic heterocycles. The molecular weight excluding hydrogens is 276 g/mol. The zero-order valence-corrected chi connectivity index (χ0v) is 12.1. The first-order chi connectivity index (χ1) is 9.61. The number of likely N-dealkylation sites (N-methyl/N-ethyl adjacent to an activating group) is 1. The number of carboxylic acids is 1. The molecule has 0 spiro atoms. The summed E-state index contributed by atoms with van der Waals surface area (Å²) in [4.78, 5) is 14.4. The van der Waals surface area contributed by atoms with Gasteiger partial charge in [0.1, 0.15) is 12.3 Å². The molecule has 1 heterocycles. The molecule has 0 radical (unpaired) electrons. The summed E-state index contributed by atoms with van der Waals surface area (Å²) in [6.45, 7) is 0.414. The quantitative estimate of drug-likeness (QED) is 0.826. The summed E-state index contributed by atoms with van der Waals surface area (Å²) in [7, 11) is 1.76. The smallest absolute Gasteiger partial charge is 0.325 e. The monoisotopic (exact) mass is 292 g/mol. The highest BCUT2D eigenvalue weighted by molar-refractivity contribution is 7.98. The van der Waals surface area contributed by atoms with Crippen molar-refractivity contribution in [2.24, 2.45) is 0 Å². The average Bonchev–Trinajstić information content (AvgIpc) is 2.91. The molecule has 106 valence electrons. The van der Waals surface area contributed by atoms with Gasteiger partial charge in [0.25, 0.3) is 0 Å². The second kappa shape index (κ2) is 6.58. The van der Waals surface area contributed by atoms with Crippen molar-refractivity contribution in [3.63, 3.8) is 0 Å². The lowest BCUT2D eigenvalue weighted by molar-refractivity contribution is -0.143. The number of carbonyl (C=O) groups is 1. The fourth-order valence-corrected chi connectivity index (χ4v) is 2.53. The summed E-state index contributed by atoms with van der Waals surface area (Å²) < 4.78 is 4.77. The number of aromatic nitrogens is 1. The van der Waals surface area contributed by atoms with Gasteiger partial charge in [-0.25, -0.2) is 0 Å². The maximum absolute atomic E-state index is 11.6. The molecule has 2 rings (SSSR count). The molecule has 0 aliphatic carbocycles. The Hall–Kier alpha value is -1.79. The minimum absolute atomic E-state index is 0.414. The molecule has 1 N–H and O–H groups in total. The largest absolute Gasteiger partial charge is 0.480 e. The molecule has 0 aliphatic rings.